The summed E-state index contributed by atoms with van der Waals surface area (Å²) in [5, 5.41) is 25.9. The van der Waals surface area contributed by atoms with E-state index in [9.17, 15) is 57.9 Å². The van der Waals surface area contributed by atoms with E-state index in [1.165, 1.54) is 20.8 Å². The molecule has 7 N–H and O–H groups in total. The van der Waals surface area contributed by atoms with Gasteiger partial charge in [-0.3, -0.25) is 28.0 Å². The predicted molar refractivity (Wildman–Crippen MR) is 166 cm³/mol. The maximum atomic E-state index is 12.5. The number of fused-ring (bicyclic) bond motifs is 1. The third-order valence-corrected chi connectivity index (χ3v) is 10.7. The van der Waals surface area contributed by atoms with Gasteiger partial charge in [0.1, 0.15) is 36.3 Å². The van der Waals surface area contributed by atoms with Crippen molar-refractivity contribution in [3.05, 3.63) is 12.7 Å². The molecule has 0 spiro atoms. The number of imidazole rings is 1. The number of phosphoric ester groups is 3. The molecule has 2 aromatic heterocycles. The average molecular weight is 876 g/mol. The van der Waals surface area contributed by atoms with E-state index in [4.69, 9.17) is 10.5 Å². The van der Waals surface area contributed by atoms with Crippen molar-refractivity contribution in [3.8, 4) is 0 Å². The second kappa shape index (κ2) is 23.4. The number of anilines is 1. The van der Waals surface area contributed by atoms with Gasteiger partial charge in [-0.05, 0) is 0 Å². The average Bonchev–Trinajstić information content (AvgIpc) is 3.57. The Hall–Kier alpha value is 0.560. The van der Waals surface area contributed by atoms with Crippen molar-refractivity contribution < 1.29 is 169 Å². The first-order valence-corrected chi connectivity index (χ1v) is 19.9. The summed E-state index contributed by atoms with van der Waals surface area (Å²) in [4.78, 5) is 92.1. The Bertz CT molecular complexity index is 1730. The number of nitrogen functional groups attached to an aromatic ring is 1. The topological polar surface area (TPSA) is 372 Å². The van der Waals surface area contributed by atoms with E-state index in [1.807, 2.05) is 0 Å². The van der Waals surface area contributed by atoms with E-state index in [0.29, 0.717) is 5.75 Å². The molecule has 1 aliphatic rings. The fourth-order valence-corrected chi connectivity index (χ4v) is 7.57. The van der Waals surface area contributed by atoms with Crippen LogP contribution in [0.15, 0.2) is 12.7 Å². The van der Waals surface area contributed by atoms with E-state index < -0.39 is 84.6 Å². The smallest absolute Gasteiger partial charge is 0.790 e. The number of phosphoric acid groups is 3. The molecule has 0 aromatic carbocycles. The molecule has 2 aromatic rings. The van der Waals surface area contributed by atoms with Crippen LogP contribution in [0.25, 0.3) is 11.2 Å². The first-order valence-electron chi connectivity index (χ1n) is 14.5. The third kappa shape index (κ3) is 17.0. The molecule has 24 nitrogen and oxygen atoms in total. The number of carbonyl (C=O) groups excluding carboxylic acids is 3. The Morgan fingerprint density at radius 1 is 1.09 bits per heavy atom. The van der Waals surface area contributed by atoms with Gasteiger partial charge < -0.3 is 64.5 Å². The minimum Gasteiger partial charge on any atom is -0.790 e. The zero-order valence-electron chi connectivity index (χ0n) is 30.0. The number of hydrogen-bond donors (Lipinski definition) is 6. The van der Waals surface area contributed by atoms with Crippen LogP contribution >= 0.6 is 35.2 Å². The van der Waals surface area contributed by atoms with Crippen molar-refractivity contribution in [2.45, 2.75) is 57.8 Å². The summed E-state index contributed by atoms with van der Waals surface area (Å²) in [5.74, 6) is -1.15. The minimum absolute atomic E-state index is 0. The monoisotopic (exact) mass is 875 g/mol. The van der Waals surface area contributed by atoms with Gasteiger partial charge in [0.15, 0.2) is 22.8 Å². The molecule has 54 heavy (non-hydrogen) atoms. The Morgan fingerprint density at radius 2 is 1.74 bits per heavy atom. The van der Waals surface area contributed by atoms with Crippen LogP contribution in [-0.4, -0.2) is 108 Å². The first kappa shape index (κ1) is 54.6. The van der Waals surface area contributed by atoms with E-state index in [-0.39, 0.29) is 130 Å². The number of aliphatic hydroxyl groups is 2. The second-order valence-corrected chi connectivity index (χ2v) is 16.7. The number of ether oxygens (including phenoxy) is 1. The number of nitrogens with two attached hydrogens (primary N) is 1. The van der Waals surface area contributed by atoms with Crippen LogP contribution in [0.3, 0.4) is 0 Å². The summed E-state index contributed by atoms with van der Waals surface area (Å²) < 4.78 is 60.7. The third-order valence-electron chi connectivity index (χ3n) is 6.79. The number of hydrogen-bond acceptors (Lipinski definition) is 21. The minimum atomic E-state index is -5.84. The number of aromatic nitrogens is 4. The molecule has 3 heterocycles. The van der Waals surface area contributed by atoms with Gasteiger partial charge in [-0.15, -0.1) is 0 Å². The summed E-state index contributed by atoms with van der Waals surface area (Å²) in [6.07, 6.45) is -7.44. The van der Waals surface area contributed by atoms with Gasteiger partial charge in [-0.2, -0.15) is 0 Å². The van der Waals surface area contributed by atoms with E-state index in [1.54, 1.807) is 0 Å². The zero-order chi connectivity index (χ0) is 38.4. The largest absolute Gasteiger partial charge is 1.00 e. The van der Waals surface area contributed by atoms with Crippen LogP contribution in [0.5, 0.6) is 0 Å². The molecule has 0 aliphatic carbocycles. The van der Waals surface area contributed by atoms with Crippen molar-refractivity contribution in [3.63, 3.8) is 0 Å². The van der Waals surface area contributed by atoms with Gasteiger partial charge in [0.05, 0.1) is 27.4 Å². The van der Waals surface area contributed by atoms with Gasteiger partial charge >= 0.3 is 96.5 Å². The van der Waals surface area contributed by atoms with Gasteiger partial charge in [0.2, 0.25) is 11.8 Å². The number of rotatable bonds is 19. The Kier molecular flexibility index (Phi) is 23.6. The summed E-state index contributed by atoms with van der Waals surface area (Å²) in [7, 11) is -17.2. The number of carbonyl (C=O) groups is 3. The van der Waals surface area contributed by atoms with Crippen molar-refractivity contribution in [2.24, 2.45) is 5.41 Å². The number of nitrogens with zero attached hydrogens (tertiary/aromatic N) is 4. The Balaban J connectivity index is 0.00000936. The summed E-state index contributed by atoms with van der Waals surface area (Å²) in [5.41, 5.74) is 4.13. The van der Waals surface area contributed by atoms with Crippen molar-refractivity contribution in [2.75, 3.05) is 37.8 Å². The van der Waals surface area contributed by atoms with Crippen LogP contribution in [0.4, 0.5) is 5.82 Å². The molecule has 3 rings (SSSR count). The van der Waals surface area contributed by atoms with Crippen LogP contribution in [0, 0.1) is 5.41 Å². The van der Waals surface area contributed by atoms with Crippen molar-refractivity contribution in [1.82, 2.24) is 30.2 Å². The van der Waals surface area contributed by atoms with Gasteiger partial charge in [0, 0.05) is 37.6 Å². The first-order chi connectivity index (χ1) is 23.5. The summed E-state index contributed by atoms with van der Waals surface area (Å²) in [6.45, 7) is 1.66. The molecule has 0 saturated carbocycles. The maximum absolute atomic E-state index is 12.5. The van der Waals surface area contributed by atoms with Crippen molar-refractivity contribution in [1.29, 1.82) is 0 Å². The maximum Gasteiger partial charge on any atom is 1.00 e. The number of nitrogens with one attached hydrogen (secondary N) is 2. The molecule has 288 valence electrons. The number of thioether (sulfide) groups is 1. The molecule has 0 radical (unpaired) electrons. The molecule has 1 aliphatic heterocycles. The van der Waals surface area contributed by atoms with E-state index in [2.05, 4.69) is 43.5 Å². The van der Waals surface area contributed by atoms with Gasteiger partial charge in [0.25, 0.3) is 7.82 Å². The molecule has 7 atom stereocenters. The van der Waals surface area contributed by atoms with Crippen molar-refractivity contribution >= 4 is 69.1 Å². The summed E-state index contributed by atoms with van der Waals surface area (Å²) in [6, 6.07) is 0. The second-order valence-electron chi connectivity index (χ2n) is 11.3. The van der Waals surface area contributed by atoms with E-state index >= 15 is 0 Å². The molecular formula is C23H35N7Na3O17P3S. The fourth-order valence-electron chi connectivity index (χ4n) is 4.31. The molecule has 2 amide bonds. The summed E-state index contributed by atoms with van der Waals surface area (Å²) >= 11 is 1.02. The number of amides is 2. The normalized spacial score (nSPS) is 21.4. The Morgan fingerprint density at radius 3 is 2.35 bits per heavy atom. The van der Waals surface area contributed by atoms with Gasteiger partial charge in [-0.1, -0.05) is 25.6 Å². The standard InChI is InChI=1S/C23H38N7O17P3S.3Na/c1-12(31)51-7-6-25-14(32)4-5-26-21(35)18(34)23(2,3)9-44-50(41,42)47-49(39,40)43-8-13-17(46-48(36,37)38)16(33)22(45-13)30-11-29-15-19(24)27-10-28-20(15)30;;;/h10-11,13,16-18,22,33-34H,4-9H2,1-3H3,(H,25,32)(H,26,35)(H,39,40)(H,41,42)(H2,24,27,28)(H2,36,37,38);;;/q;3*+1/p-3/t13-,16-,17-,18+,22-;;;/m1.../s1. The molecule has 31 heteroatoms. The molecular weight excluding hydrogens is 840 g/mol. The van der Waals surface area contributed by atoms with Crippen LogP contribution in [-0.2, 0) is 50.7 Å². The predicted octanol–water partition coefficient (Wildman–Crippen LogP) is -12.2. The molecule has 2 unspecified atom stereocenters. The van der Waals surface area contributed by atoms with Crippen LogP contribution in [0.2, 0.25) is 0 Å². The Labute approximate surface area is 378 Å². The number of aliphatic hydroxyl groups excluding tert-OH is 2. The van der Waals surface area contributed by atoms with E-state index in [0.717, 1.165) is 29.0 Å². The van der Waals surface area contributed by atoms with Crippen LogP contribution in [0.1, 0.15) is 33.4 Å². The fraction of sp³-hybridized carbons (Fsp3) is 0.652. The molecule has 1 saturated heterocycles. The quantitative estimate of drug-likeness (QED) is 0.0433. The SMILES string of the molecule is CC(=O)SCCNC(=O)CCNC(=O)[C@H](O)C(C)(C)COP(=O)(O)OP(=O)([O-])OC[C@H]1O[C@@H](n2cnc3c(N)ncnc32)[C@H](O)[C@@H]1OP(=O)([O-])[O-].[Na+].[Na+].[Na+]. The zero-order valence-corrected chi connectivity index (χ0v) is 39.5. The molecule has 0 bridgehead atoms. The van der Waals surface area contributed by atoms with Gasteiger partial charge in [-0.25, -0.2) is 23.8 Å². The molecule has 1 fully saturated rings. The van der Waals surface area contributed by atoms with Crippen LogP contribution < -0.4 is 120 Å².